The van der Waals surface area contributed by atoms with Gasteiger partial charge in [0, 0.05) is 11.8 Å². The predicted molar refractivity (Wildman–Crippen MR) is 58.1 cm³/mol. The molecule has 0 heterocycles. The summed E-state index contributed by atoms with van der Waals surface area (Å²) in [4.78, 5) is 0. The molecule has 2 aliphatic rings. The molecule has 0 aromatic heterocycles. The Bertz CT molecular complexity index is 205. The highest BCUT2D eigenvalue weighted by Gasteiger charge is 2.44. The Morgan fingerprint density at radius 2 is 1.00 bits per heavy atom. The van der Waals surface area contributed by atoms with Gasteiger partial charge in [0.2, 0.25) is 0 Å². The maximum absolute atomic E-state index is 9.37. The van der Waals surface area contributed by atoms with Crippen molar-refractivity contribution < 1.29 is 20.4 Å². The molecule has 4 nitrogen and oxygen atoms in total. The molecule has 0 aliphatic heterocycles. The molecule has 16 heavy (non-hydrogen) atoms. The zero-order chi connectivity index (χ0) is 11.7. The first kappa shape index (κ1) is 12.3. The van der Waals surface area contributed by atoms with E-state index in [-0.39, 0.29) is 23.7 Å². The Morgan fingerprint density at radius 3 is 1.31 bits per heavy atom. The molecule has 0 radical (unpaired) electrons. The molecule has 0 bridgehead atoms. The minimum absolute atomic E-state index is 0.0692. The fourth-order valence-electron chi connectivity index (χ4n) is 3.80. The summed E-state index contributed by atoms with van der Waals surface area (Å²) in [6.07, 6.45) is 3.14. The van der Waals surface area contributed by atoms with Crippen LogP contribution in [-0.4, -0.2) is 33.0 Å². The van der Waals surface area contributed by atoms with Gasteiger partial charge in [-0.3, -0.25) is 0 Å². The third-order valence-corrected chi connectivity index (χ3v) is 4.57. The van der Waals surface area contributed by atoms with Crippen molar-refractivity contribution in [3.63, 3.8) is 0 Å². The number of fused-ring (bicyclic) bond motifs is 1. The van der Waals surface area contributed by atoms with Crippen LogP contribution in [0.2, 0.25) is 0 Å². The van der Waals surface area contributed by atoms with Crippen molar-refractivity contribution in [2.24, 2.45) is 23.7 Å². The summed E-state index contributed by atoms with van der Waals surface area (Å²) in [6.45, 7) is 0. The first-order valence-corrected chi connectivity index (χ1v) is 6.33. The lowest BCUT2D eigenvalue weighted by Crippen LogP contribution is -2.45. The molecule has 4 N–H and O–H groups in total. The van der Waals surface area contributed by atoms with Crippen molar-refractivity contribution in [1.82, 2.24) is 0 Å². The maximum Gasteiger partial charge on any atom is 0.154 e. The van der Waals surface area contributed by atoms with E-state index in [9.17, 15) is 20.4 Å². The van der Waals surface area contributed by atoms with Crippen molar-refractivity contribution in [2.75, 3.05) is 0 Å². The van der Waals surface area contributed by atoms with Gasteiger partial charge >= 0.3 is 0 Å². The summed E-state index contributed by atoms with van der Waals surface area (Å²) in [5.74, 6) is 0.379. The smallest absolute Gasteiger partial charge is 0.154 e. The van der Waals surface area contributed by atoms with Gasteiger partial charge in [0.1, 0.15) is 0 Å². The van der Waals surface area contributed by atoms with Crippen LogP contribution in [0.1, 0.15) is 38.5 Å². The second-order valence-electron chi connectivity index (χ2n) is 5.34. The highest BCUT2D eigenvalue weighted by atomic mass is 16.5. The number of hydrogen-bond acceptors (Lipinski definition) is 4. The van der Waals surface area contributed by atoms with Crippen LogP contribution in [-0.2, 0) is 0 Å². The summed E-state index contributed by atoms with van der Waals surface area (Å²) in [6, 6.07) is 0. The van der Waals surface area contributed by atoms with E-state index in [1.54, 1.807) is 0 Å². The van der Waals surface area contributed by atoms with E-state index in [0.717, 1.165) is 25.7 Å². The maximum atomic E-state index is 9.37. The molecule has 0 amide bonds. The van der Waals surface area contributed by atoms with Gasteiger partial charge in [0.05, 0.1) is 0 Å². The first-order valence-electron chi connectivity index (χ1n) is 6.33. The second-order valence-corrected chi connectivity index (χ2v) is 5.34. The molecule has 0 aromatic rings. The third-order valence-electron chi connectivity index (χ3n) is 4.57. The molecule has 94 valence electrons. The highest BCUT2D eigenvalue weighted by Crippen LogP contribution is 2.48. The zero-order valence-electron chi connectivity index (χ0n) is 9.50. The van der Waals surface area contributed by atoms with Gasteiger partial charge in [0.15, 0.2) is 12.6 Å². The van der Waals surface area contributed by atoms with Gasteiger partial charge in [-0.15, -0.1) is 0 Å². The van der Waals surface area contributed by atoms with E-state index in [4.69, 9.17) is 0 Å². The summed E-state index contributed by atoms with van der Waals surface area (Å²) >= 11 is 0. The van der Waals surface area contributed by atoms with E-state index in [1.165, 1.54) is 0 Å². The molecule has 4 atom stereocenters. The van der Waals surface area contributed by atoms with Crippen LogP contribution in [0.25, 0.3) is 0 Å². The standard InChI is InChI=1S/C12H22O4/c13-11(14)9-5-6-10(12(15)16)8-4-2-1-3-7(8)9/h7-16H,1-6H2. The lowest BCUT2D eigenvalue weighted by molar-refractivity contribution is -0.171. The Balaban J connectivity index is 2.11. The molecule has 0 aromatic carbocycles. The van der Waals surface area contributed by atoms with Crippen LogP contribution in [0.3, 0.4) is 0 Å². The van der Waals surface area contributed by atoms with E-state index < -0.39 is 12.6 Å². The molecule has 2 aliphatic carbocycles. The fraction of sp³-hybridized carbons (Fsp3) is 1.00. The Hall–Kier alpha value is -0.160. The van der Waals surface area contributed by atoms with Crippen LogP contribution >= 0.6 is 0 Å². The molecule has 2 fully saturated rings. The average molecular weight is 230 g/mol. The minimum Gasteiger partial charge on any atom is -0.368 e. The van der Waals surface area contributed by atoms with Crippen LogP contribution in [0, 0.1) is 23.7 Å². The topological polar surface area (TPSA) is 80.9 Å². The van der Waals surface area contributed by atoms with Crippen molar-refractivity contribution in [1.29, 1.82) is 0 Å². The van der Waals surface area contributed by atoms with Gasteiger partial charge in [-0.1, -0.05) is 12.8 Å². The van der Waals surface area contributed by atoms with Crippen molar-refractivity contribution >= 4 is 0 Å². The zero-order valence-corrected chi connectivity index (χ0v) is 9.50. The molecular formula is C12H22O4. The quantitative estimate of drug-likeness (QED) is 0.519. The summed E-state index contributed by atoms with van der Waals surface area (Å²) in [5.41, 5.74) is 0. The van der Waals surface area contributed by atoms with Crippen LogP contribution in [0.4, 0.5) is 0 Å². The largest absolute Gasteiger partial charge is 0.368 e. The number of aliphatic hydroxyl groups excluding tert-OH is 2. The molecule has 0 saturated heterocycles. The predicted octanol–water partition coefficient (Wildman–Crippen LogP) is 0.440. The molecule has 4 heteroatoms. The van der Waals surface area contributed by atoms with Crippen LogP contribution < -0.4 is 0 Å². The summed E-state index contributed by atoms with van der Waals surface area (Å²) in [5, 5.41) is 37.5. The number of rotatable bonds is 2. The van der Waals surface area contributed by atoms with Gasteiger partial charge < -0.3 is 20.4 Å². The van der Waals surface area contributed by atoms with Crippen molar-refractivity contribution in [3.8, 4) is 0 Å². The van der Waals surface area contributed by atoms with E-state index in [0.29, 0.717) is 12.8 Å². The Labute approximate surface area is 95.9 Å². The first-order chi connectivity index (χ1) is 7.61. The van der Waals surface area contributed by atoms with Gasteiger partial charge in [-0.25, -0.2) is 0 Å². The summed E-state index contributed by atoms with van der Waals surface area (Å²) < 4.78 is 0. The molecule has 4 unspecified atom stereocenters. The SMILES string of the molecule is OC(O)C1CCC(C(O)O)C2CCCCC12. The van der Waals surface area contributed by atoms with E-state index in [1.807, 2.05) is 0 Å². The van der Waals surface area contributed by atoms with Crippen LogP contribution in [0.15, 0.2) is 0 Å². The third kappa shape index (κ3) is 2.25. The van der Waals surface area contributed by atoms with Gasteiger partial charge in [0.25, 0.3) is 0 Å². The van der Waals surface area contributed by atoms with E-state index in [2.05, 4.69) is 0 Å². The highest BCUT2D eigenvalue weighted by molar-refractivity contribution is 4.91. The Kier molecular flexibility index (Phi) is 3.85. The lowest BCUT2D eigenvalue weighted by atomic mass is 9.60. The number of hydrogen-bond donors (Lipinski definition) is 4. The minimum atomic E-state index is -1.25. The fourth-order valence-corrected chi connectivity index (χ4v) is 3.80. The van der Waals surface area contributed by atoms with Gasteiger partial charge in [-0.2, -0.15) is 0 Å². The van der Waals surface area contributed by atoms with Crippen LogP contribution in [0.5, 0.6) is 0 Å². The molecular weight excluding hydrogens is 208 g/mol. The van der Waals surface area contributed by atoms with Gasteiger partial charge in [-0.05, 0) is 37.5 Å². The molecule has 0 spiro atoms. The second kappa shape index (κ2) is 5.00. The Morgan fingerprint density at radius 1 is 0.625 bits per heavy atom. The molecule has 2 rings (SSSR count). The summed E-state index contributed by atoms with van der Waals surface area (Å²) in [7, 11) is 0. The lowest BCUT2D eigenvalue weighted by Gasteiger charge is -2.46. The van der Waals surface area contributed by atoms with Crippen molar-refractivity contribution in [2.45, 2.75) is 51.1 Å². The molecule has 2 saturated carbocycles. The average Bonchev–Trinajstić information content (AvgIpc) is 2.27. The number of aliphatic hydroxyl groups is 4. The normalized spacial score (nSPS) is 40.1. The van der Waals surface area contributed by atoms with Crippen molar-refractivity contribution in [3.05, 3.63) is 0 Å². The van der Waals surface area contributed by atoms with E-state index >= 15 is 0 Å². The monoisotopic (exact) mass is 230 g/mol.